The van der Waals surface area contributed by atoms with Gasteiger partial charge in [0.25, 0.3) is 0 Å². The van der Waals surface area contributed by atoms with Crippen LogP contribution in [0.15, 0.2) is 54.7 Å². The predicted molar refractivity (Wildman–Crippen MR) is 143 cm³/mol. The number of aliphatic hydroxyl groups excluding tert-OH is 1. The van der Waals surface area contributed by atoms with Gasteiger partial charge in [0, 0.05) is 30.7 Å². The first-order valence-corrected chi connectivity index (χ1v) is 12.8. The van der Waals surface area contributed by atoms with Crippen LogP contribution in [-0.2, 0) is 15.8 Å². The largest absolute Gasteiger partial charge is 0.497 e. The van der Waals surface area contributed by atoms with Crippen molar-refractivity contribution in [3.63, 3.8) is 0 Å². The van der Waals surface area contributed by atoms with E-state index in [2.05, 4.69) is 15.2 Å². The van der Waals surface area contributed by atoms with Crippen LogP contribution in [0.1, 0.15) is 30.1 Å². The van der Waals surface area contributed by atoms with Crippen molar-refractivity contribution in [1.29, 1.82) is 0 Å². The molecule has 1 fully saturated rings. The number of halogens is 3. The molecule has 1 atom stereocenters. The molecule has 0 amide bonds. The summed E-state index contributed by atoms with van der Waals surface area (Å²) in [5.41, 5.74) is 0.940. The van der Waals surface area contributed by atoms with E-state index in [0.29, 0.717) is 25.7 Å². The summed E-state index contributed by atoms with van der Waals surface area (Å²) in [4.78, 5) is 24.8. The van der Waals surface area contributed by atoms with Gasteiger partial charge < -0.3 is 35.0 Å². The van der Waals surface area contributed by atoms with Gasteiger partial charge in [-0.25, -0.2) is 9.59 Å². The molecule has 4 rings (SSSR count). The molecule has 41 heavy (non-hydrogen) atoms. The van der Waals surface area contributed by atoms with Gasteiger partial charge in [-0.1, -0.05) is 6.07 Å². The number of aromatic nitrogens is 1. The Labute approximate surface area is 234 Å². The zero-order valence-corrected chi connectivity index (χ0v) is 22.3. The standard InChI is InChI=1S/C26H30F3N3O3.C2H2O4/c1-34-20-5-6-24-23(16-20)22(7-10-31-24)25(33)17-32-12-8-19(9-13-32)30-11-14-35-21-4-2-3-18(15-21)26(27,28)29;3-1(4)2(5)6/h2-7,10,15-16,19,25,30,33H,8-9,11-14,17H2,1H3;(H,3,4)(H,5,6)/t25-;/m0./s1. The molecule has 0 radical (unpaired) electrons. The Bertz CT molecular complexity index is 1300. The predicted octanol–water partition coefficient (Wildman–Crippen LogP) is 3.58. The number of nitrogens with one attached hydrogen (secondary N) is 1. The zero-order chi connectivity index (χ0) is 30.0. The quantitative estimate of drug-likeness (QED) is 0.220. The molecule has 2 aromatic carbocycles. The summed E-state index contributed by atoms with van der Waals surface area (Å²) >= 11 is 0. The molecule has 1 saturated heterocycles. The first kappa shape index (κ1) is 31.6. The van der Waals surface area contributed by atoms with Gasteiger partial charge in [-0.05, 0) is 74.0 Å². The van der Waals surface area contributed by atoms with Gasteiger partial charge in [-0.15, -0.1) is 0 Å². The molecule has 13 heteroatoms. The van der Waals surface area contributed by atoms with E-state index in [9.17, 15) is 18.3 Å². The number of pyridine rings is 1. The molecule has 0 saturated carbocycles. The number of hydrogen-bond donors (Lipinski definition) is 4. The van der Waals surface area contributed by atoms with Crippen molar-refractivity contribution in [2.75, 3.05) is 39.9 Å². The number of fused-ring (bicyclic) bond motifs is 1. The fraction of sp³-hybridized carbons (Fsp3) is 0.393. The highest BCUT2D eigenvalue weighted by molar-refractivity contribution is 6.27. The van der Waals surface area contributed by atoms with E-state index >= 15 is 0 Å². The Morgan fingerprint density at radius 1 is 1.07 bits per heavy atom. The summed E-state index contributed by atoms with van der Waals surface area (Å²) in [6.07, 6.45) is -1.47. The number of piperidine rings is 1. The summed E-state index contributed by atoms with van der Waals surface area (Å²) in [7, 11) is 1.61. The zero-order valence-electron chi connectivity index (χ0n) is 22.3. The Kier molecular flexibility index (Phi) is 11.3. The molecule has 0 unspecified atom stereocenters. The van der Waals surface area contributed by atoms with Crippen molar-refractivity contribution in [3.8, 4) is 11.5 Å². The maximum atomic E-state index is 12.8. The Morgan fingerprint density at radius 3 is 2.41 bits per heavy atom. The molecule has 0 aliphatic carbocycles. The number of β-amino-alcohol motifs (C(OH)–C–C–N with tert-alkyl or cyclic N) is 1. The molecule has 222 valence electrons. The molecule has 0 spiro atoms. The Balaban J connectivity index is 0.000000696. The number of carbonyl (C=O) groups is 2. The van der Waals surface area contributed by atoms with Crippen LogP contribution < -0.4 is 14.8 Å². The van der Waals surface area contributed by atoms with E-state index in [0.717, 1.165) is 60.3 Å². The molecular weight excluding hydrogens is 547 g/mol. The number of nitrogens with zero attached hydrogens (tertiary/aromatic N) is 2. The van der Waals surface area contributed by atoms with Gasteiger partial charge >= 0.3 is 18.1 Å². The number of aliphatic carboxylic acids is 2. The third-order valence-corrected chi connectivity index (χ3v) is 6.51. The summed E-state index contributed by atoms with van der Waals surface area (Å²) in [6.45, 7) is 3.06. The van der Waals surface area contributed by atoms with Crippen molar-refractivity contribution in [2.45, 2.75) is 31.2 Å². The van der Waals surface area contributed by atoms with E-state index in [1.54, 1.807) is 13.3 Å². The lowest BCUT2D eigenvalue weighted by Gasteiger charge is -2.33. The molecule has 0 bridgehead atoms. The molecule has 10 nitrogen and oxygen atoms in total. The van der Waals surface area contributed by atoms with Crippen molar-refractivity contribution in [3.05, 3.63) is 65.9 Å². The number of methoxy groups -OCH3 is 1. The molecule has 4 N–H and O–H groups in total. The van der Waals surface area contributed by atoms with E-state index in [-0.39, 0.29) is 5.75 Å². The van der Waals surface area contributed by atoms with Gasteiger partial charge in [-0.2, -0.15) is 13.2 Å². The Morgan fingerprint density at radius 2 is 1.78 bits per heavy atom. The number of benzene rings is 2. The van der Waals surface area contributed by atoms with Crippen molar-refractivity contribution < 1.29 is 47.6 Å². The number of carboxylic acid groups (broad SMARTS) is 2. The minimum Gasteiger partial charge on any atom is -0.497 e. The number of aliphatic hydroxyl groups is 1. The highest BCUT2D eigenvalue weighted by atomic mass is 19.4. The second-order valence-corrected chi connectivity index (χ2v) is 9.31. The number of alkyl halides is 3. The van der Waals surface area contributed by atoms with E-state index < -0.39 is 29.8 Å². The lowest BCUT2D eigenvalue weighted by Crippen LogP contribution is -2.44. The molecule has 1 aliphatic rings. The molecule has 1 aromatic heterocycles. The Hall–Kier alpha value is -3.94. The van der Waals surface area contributed by atoms with Gasteiger partial charge in [0.05, 0.1) is 24.3 Å². The van der Waals surface area contributed by atoms with E-state index in [4.69, 9.17) is 29.3 Å². The topological polar surface area (TPSA) is 141 Å². The van der Waals surface area contributed by atoms with Crippen molar-refractivity contribution in [2.24, 2.45) is 0 Å². The number of rotatable bonds is 9. The molecular formula is C28H32F3N3O7. The first-order chi connectivity index (χ1) is 19.5. The summed E-state index contributed by atoms with van der Waals surface area (Å²) in [5, 5.41) is 30.0. The lowest BCUT2D eigenvalue weighted by molar-refractivity contribution is -0.159. The number of hydrogen-bond acceptors (Lipinski definition) is 8. The van der Waals surface area contributed by atoms with Gasteiger partial charge in [0.15, 0.2) is 0 Å². The van der Waals surface area contributed by atoms with Gasteiger partial charge in [-0.3, -0.25) is 4.98 Å². The lowest BCUT2D eigenvalue weighted by atomic mass is 10.0. The van der Waals surface area contributed by atoms with Crippen LogP contribution in [-0.4, -0.2) is 83.1 Å². The summed E-state index contributed by atoms with van der Waals surface area (Å²) in [6, 6.07) is 12.7. The normalized spacial score (nSPS) is 15.0. The third kappa shape index (κ3) is 9.59. The average Bonchev–Trinajstić information content (AvgIpc) is 2.95. The maximum Gasteiger partial charge on any atom is 0.416 e. The molecule has 2 heterocycles. The summed E-state index contributed by atoms with van der Waals surface area (Å²) in [5.74, 6) is -2.71. The van der Waals surface area contributed by atoms with Crippen LogP contribution in [0.3, 0.4) is 0 Å². The fourth-order valence-corrected chi connectivity index (χ4v) is 4.42. The number of likely N-dealkylation sites (tertiary alicyclic amines) is 1. The molecule has 3 aromatic rings. The fourth-order valence-electron chi connectivity index (χ4n) is 4.42. The average molecular weight is 580 g/mol. The van der Waals surface area contributed by atoms with E-state index in [1.165, 1.54) is 12.1 Å². The monoisotopic (exact) mass is 579 g/mol. The third-order valence-electron chi connectivity index (χ3n) is 6.51. The summed E-state index contributed by atoms with van der Waals surface area (Å²) < 4.78 is 49.2. The van der Waals surface area contributed by atoms with Gasteiger partial charge in [0.2, 0.25) is 0 Å². The smallest absolute Gasteiger partial charge is 0.416 e. The van der Waals surface area contributed by atoms with Crippen molar-refractivity contribution >= 4 is 22.8 Å². The number of ether oxygens (including phenoxy) is 2. The highest BCUT2D eigenvalue weighted by Crippen LogP contribution is 2.31. The van der Waals surface area contributed by atoms with E-state index in [1.807, 2.05) is 24.3 Å². The number of carboxylic acids is 2. The van der Waals surface area contributed by atoms with Crippen LogP contribution in [0.25, 0.3) is 10.9 Å². The van der Waals surface area contributed by atoms with Crippen molar-refractivity contribution in [1.82, 2.24) is 15.2 Å². The SMILES string of the molecule is COc1ccc2nccc([C@@H](O)CN3CCC(NCCOc4cccc(C(F)(F)F)c4)CC3)c2c1.O=C(O)C(=O)O. The second kappa shape index (κ2) is 14.6. The maximum absolute atomic E-state index is 12.8. The van der Waals surface area contributed by atoms with Crippen LogP contribution in [0.2, 0.25) is 0 Å². The van der Waals surface area contributed by atoms with Crippen LogP contribution >= 0.6 is 0 Å². The van der Waals surface area contributed by atoms with Crippen LogP contribution in [0, 0.1) is 0 Å². The van der Waals surface area contributed by atoms with Gasteiger partial charge in [0.1, 0.15) is 18.1 Å². The van der Waals surface area contributed by atoms with Crippen LogP contribution in [0.5, 0.6) is 11.5 Å². The molecule has 1 aliphatic heterocycles. The van der Waals surface area contributed by atoms with Crippen LogP contribution in [0.4, 0.5) is 13.2 Å². The second-order valence-electron chi connectivity index (χ2n) is 9.31. The highest BCUT2D eigenvalue weighted by Gasteiger charge is 2.30. The first-order valence-electron chi connectivity index (χ1n) is 12.8. The minimum atomic E-state index is -4.38. The minimum absolute atomic E-state index is 0.215.